The quantitative estimate of drug-likeness (QED) is 0.275. The van der Waals surface area contributed by atoms with Gasteiger partial charge in [-0.25, -0.2) is 9.37 Å². The van der Waals surface area contributed by atoms with Crippen LogP contribution >= 0.6 is 11.3 Å². The molecule has 176 valence electrons. The van der Waals surface area contributed by atoms with Gasteiger partial charge in [-0.2, -0.15) is 4.98 Å². The first kappa shape index (κ1) is 22.7. The number of halogens is 1. The summed E-state index contributed by atoms with van der Waals surface area (Å²) in [6, 6.07) is 19.6. The van der Waals surface area contributed by atoms with E-state index in [1.54, 1.807) is 26.2 Å². The highest BCUT2D eigenvalue weighted by molar-refractivity contribution is 7.22. The summed E-state index contributed by atoms with van der Waals surface area (Å²) in [5.41, 5.74) is 2.47. The fourth-order valence-corrected chi connectivity index (χ4v) is 4.58. The number of carbonyl (C=O) groups excluding carboxylic acids is 1. The number of aryl methyl sites for hydroxylation is 2. The van der Waals surface area contributed by atoms with Crippen LogP contribution in [0.3, 0.4) is 0 Å². The highest BCUT2D eigenvalue weighted by Crippen LogP contribution is 2.34. The number of benzene rings is 3. The lowest BCUT2D eigenvalue weighted by Crippen LogP contribution is -2.26. The molecule has 0 bridgehead atoms. The third kappa shape index (κ3) is 4.76. The predicted octanol–water partition coefficient (Wildman–Crippen LogP) is 6.10. The third-order valence-corrected chi connectivity index (χ3v) is 6.53. The van der Waals surface area contributed by atoms with Gasteiger partial charge in [-0.1, -0.05) is 34.7 Å². The molecule has 5 rings (SSSR count). The van der Waals surface area contributed by atoms with Crippen LogP contribution in [-0.4, -0.2) is 28.1 Å². The van der Waals surface area contributed by atoms with Gasteiger partial charge in [0.05, 0.1) is 23.0 Å². The Balaban J connectivity index is 1.39. The van der Waals surface area contributed by atoms with Crippen molar-refractivity contribution in [3.8, 4) is 17.1 Å². The number of fused-ring (bicyclic) bond motifs is 1. The van der Waals surface area contributed by atoms with Gasteiger partial charge in [0, 0.05) is 18.4 Å². The van der Waals surface area contributed by atoms with Gasteiger partial charge in [0.1, 0.15) is 11.6 Å². The minimum atomic E-state index is -0.387. The van der Waals surface area contributed by atoms with E-state index in [9.17, 15) is 9.18 Å². The van der Waals surface area contributed by atoms with Crippen molar-refractivity contribution in [3.05, 3.63) is 84.0 Å². The van der Waals surface area contributed by atoms with E-state index >= 15 is 0 Å². The molecule has 0 unspecified atom stereocenters. The van der Waals surface area contributed by atoms with Gasteiger partial charge in [-0.05, 0) is 61.0 Å². The Kier molecular flexibility index (Phi) is 6.24. The number of rotatable bonds is 7. The maximum Gasteiger partial charge on any atom is 0.233 e. The molecule has 9 heteroatoms. The molecule has 2 heterocycles. The van der Waals surface area contributed by atoms with Crippen LogP contribution in [0, 0.1) is 12.7 Å². The van der Waals surface area contributed by atoms with Crippen molar-refractivity contribution >= 4 is 38.3 Å². The van der Waals surface area contributed by atoms with Crippen LogP contribution in [0.5, 0.6) is 5.75 Å². The molecule has 7 nitrogen and oxygen atoms in total. The zero-order valence-corrected chi connectivity index (χ0v) is 19.9. The summed E-state index contributed by atoms with van der Waals surface area (Å²) in [5, 5.41) is 4.50. The van der Waals surface area contributed by atoms with Gasteiger partial charge in [0.25, 0.3) is 0 Å². The monoisotopic (exact) mass is 488 g/mol. The molecule has 0 atom stereocenters. The molecule has 0 radical (unpaired) electrons. The maximum atomic E-state index is 14.4. The number of hydrogen-bond donors (Lipinski definition) is 0. The van der Waals surface area contributed by atoms with Crippen molar-refractivity contribution in [1.82, 2.24) is 15.1 Å². The molecule has 3 aromatic carbocycles. The Morgan fingerprint density at radius 1 is 1.09 bits per heavy atom. The maximum absolute atomic E-state index is 14.4. The first-order chi connectivity index (χ1) is 17.0. The summed E-state index contributed by atoms with van der Waals surface area (Å²) in [7, 11) is 1.60. The molecule has 35 heavy (non-hydrogen) atoms. The normalized spacial score (nSPS) is 11.1. The first-order valence-corrected chi connectivity index (χ1v) is 11.7. The molecule has 0 aliphatic rings. The molecule has 1 amide bonds. The second-order valence-electron chi connectivity index (χ2n) is 7.87. The minimum Gasteiger partial charge on any atom is -0.497 e. The van der Waals surface area contributed by atoms with Gasteiger partial charge in [0.2, 0.25) is 17.6 Å². The van der Waals surface area contributed by atoms with Crippen LogP contribution in [0.25, 0.3) is 21.6 Å². The van der Waals surface area contributed by atoms with Crippen LogP contribution in [0.4, 0.5) is 15.2 Å². The van der Waals surface area contributed by atoms with E-state index in [0.29, 0.717) is 28.1 Å². The zero-order chi connectivity index (χ0) is 24.4. The number of ether oxygens (including phenoxy) is 1. The lowest BCUT2D eigenvalue weighted by molar-refractivity contribution is -0.117. The van der Waals surface area contributed by atoms with Crippen molar-refractivity contribution in [2.45, 2.75) is 19.8 Å². The molecule has 0 aliphatic heterocycles. The summed E-state index contributed by atoms with van der Waals surface area (Å²) in [6.07, 6.45) is 0.313. The van der Waals surface area contributed by atoms with Gasteiger partial charge >= 0.3 is 0 Å². The zero-order valence-electron chi connectivity index (χ0n) is 19.1. The number of anilines is 2. The summed E-state index contributed by atoms with van der Waals surface area (Å²) in [5.74, 6) is 0.853. The standard InChI is InChI=1S/C26H21FN4O3S/c1-16-7-10-18(15-20(16)27)31(26-28-21-5-3-4-6-22(21)35-26)24(32)14-13-23-29-25(30-34-23)17-8-11-19(33-2)12-9-17/h3-12,15H,13-14H2,1-2H3. The minimum absolute atomic E-state index is 0.0790. The van der Waals surface area contributed by atoms with Crippen molar-refractivity contribution in [2.24, 2.45) is 0 Å². The lowest BCUT2D eigenvalue weighted by Gasteiger charge is -2.20. The van der Waals surface area contributed by atoms with Gasteiger partial charge < -0.3 is 9.26 Å². The molecule has 2 aromatic heterocycles. The first-order valence-electron chi connectivity index (χ1n) is 10.9. The van der Waals surface area contributed by atoms with Crippen LogP contribution < -0.4 is 9.64 Å². The number of para-hydroxylation sites is 1. The molecule has 0 aliphatic carbocycles. The Labute approximate surface area is 204 Å². The number of methoxy groups -OCH3 is 1. The number of amides is 1. The number of carbonyl (C=O) groups is 1. The Morgan fingerprint density at radius 3 is 2.63 bits per heavy atom. The second kappa shape index (κ2) is 9.63. The summed E-state index contributed by atoms with van der Waals surface area (Å²) >= 11 is 1.37. The predicted molar refractivity (Wildman–Crippen MR) is 133 cm³/mol. The molecule has 0 saturated carbocycles. The van der Waals surface area contributed by atoms with Gasteiger partial charge in [-0.3, -0.25) is 9.69 Å². The Bertz CT molecular complexity index is 1460. The summed E-state index contributed by atoms with van der Waals surface area (Å²) in [4.78, 5) is 23.9. The van der Waals surface area contributed by atoms with E-state index in [-0.39, 0.29) is 24.6 Å². The molecular formula is C26H21FN4O3S. The third-order valence-electron chi connectivity index (χ3n) is 5.51. The molecule has 0 spiro atoms. The number of thiazole rings is 1. The lowest BCUT2D eigenvalue weighted by atomic mass is 10.2. The summed E-state index contributed by atoms with van der Waals surface area (Å²) in [6.45, 7) is 1.68. The molecule has 0 saturated heterocycles. The number of aromatic nitrogens is 3. The van der Waals surface area contributed by atoms with E-state index < -0.39 is 0 Å². The Morgan fingerprint density at radius 2 is 1.89 bits per heavy atom. The highest BCUT2D eigenvalue weighted by atomic mass is 32.1. The fraction of sp³-hybridized carbons (Fsp3) is 0.154. The van der Waals surface area contributed by atoms with Crippen molar-refractivity contribution < 1.29 is 18.4 Å². The average Bonchev–Trinajstić information content (AvgIpc) is 3.52. The van der Waals surface area contributed by atoms with E-state index in [1.807, 2.05) is 48.5 Å². The van der Waals surface area contributed by atoms with Gasteiger partial charge in [-0.15, -0.1) is 0 Å². The molecule has 0 fully saturated rings. The van der Waals surface area contributed by atoms with Crippen molar-refractivity contribution in [2.75, 3.05) is 12.0 Å². The molecular weight excluding hydrogens is 467 g/mol. The Hall–Kier alpha value is -4.11. The van der Waals surface area contributed by atoms with Crippen molar-refractivity contribution in [1.29, 1.82) is 0 Å². The SMILES string of the molecule is COc1ccc(-c2noc(CCC(=O)N(c3ccc(C)c(F)c3)c3nc4ccccc4s3)n2)cc1. The van der Waals surface area contributed by atoms with E-state index in [0.717, 1.165) is 21.5 Å². The van der Waals surface area contributed by atoms with E-state index in [2.05, 4.69) is 15.1 Å². The fourth-order valence-electron chi connectivity index (χ4n) is 3.58. The second-order valence-corrected chi connectivity index (χ2v) is 8.88. The van der Waals surface area contributed by atoms with Crippen LogP contribution in [-0.2, 0) is 11.2 Å². The molecule has 5 aromatic rings. The van der Waals surface area contributed by atoms with Crippen LogP contribution in [0.1, 0.15) is 17.9 Å². The van der Waals surface area contributed by atoms with E-state index in [1.165, 1.54) is 22.3 Å². The average molecular weight is 489 g/mol. The highest BCUT2D eigenvalue weighted by Gasteiger charge is 2.23. The van der Waals surface area contributed by atoms with E-state index in [4.69, 9.17) is 9.26 Å². The molecule has 0 N–H and O–H groups in total. The van der Waals surface area contributed by atoms with Crippen LogP contribution in [0.15, 0.2) is 71.3 Å². The summed E-state index contributed by atoms with van der Waals surface area (Å²) < 4.78 is 25.9. The van der Waals surface area contributed by atoms with Gasteiger partial charge in [0.15, 0.2) is 5.13 Å². The smallest absolute Gasteiger partial charge is 0.233 e. The number of hydrogen-bond acceptors (Lipinski definition) is 7. The largest absolute Gasteiger partial charge is 0.497 e. The van der Waals surface area contributed by atoms with Crippen LogP contribution in [0.2, 0.25) is 0 Å². The van der Waals surface area contributed by atoms with Crippen molar-refractivity contribution in [3.63, 3.8) is 0 Å². The number of nitrogens with zero attached hydrogens (tertiary/aromatic N) is 4. The topological polar surface area (TPSA) is 81.4 Å².